The molecule has 0 saturated heterocycles. The monoisotopic (exact) mass is 401 g/mol. The molecule has 0 spiro atoms. The first-order valence-electron chi connectivity index (χ1n) is 8.34. The lowest BCUT2D eigenvalue weighted by Gasteiger charge is -2.42. The summed E-state index contributed by atoms with van der Waals surface area (Å²) >= 11 is 3.42. The lowest BCUT2D eigenvalue weighted by atomic mass is 9.63. The van der Waals surface area contributed by atoms with Crippen LogP contribution in [0, 0.1) is 5.41 Å². The SMILES string of the molecule is CCn1cccc(C(=O)NC(=N)C2(c3ccc(Br)cc3)CCC2)c1=O. The average molecular weight is 402 g/mol. The first kappa shape index (κ1) is 17.6. The topological polar surface area (TPSA) is 75.0 Å². The highest BCUT2D eigenvalue weighted by Gasteiger charge is 2.43. The van der Waals surface area contributed by atoms with E-state index < -0.39 is 11.3 Å². The second kappa shape index (κ2) is 6.96. The number of amides is 1. The number of hydrogen-bond donors (Lipinski definition) is 2. The highest BCUT2D eigenvalue weighted by atomic mass is 79.9. The van der Waals surface area contributed by atoms with Crippen molar-refractivity contribution >= 4 is 27.7 Å². The van der Waals surface area contributed by atoms with Crippen LogP contribution in [0.2, 0.25) is 0 Å². The van der Waals surface area contributed by atoms with Gasteiger partial charge < -0.3 is 9.88 Å². The van der Waals surface area contributed by atoms with Gasteiger partial charge in [0.05, 0.1) is 5.41 Å². The van der Waals surface area contributed by atoms with Crippen molar-refractivity contribution in [2.45, 2.75) is 38.1 Å². The third kappa shape index (κ3) is 3.18. The molecule has 1 heterocycles. The Bertz CT molecular complexity index is 867. The summed E-state index contributed by atoms with van der Waals surface area (Å²) in [5.74, 6) is -0.349. The minimum atomic E-state index is -0.513. The second-order valence-electron chi connectivity index (χ2n) is 6.28. The molecule has 25 heavy (non-hydrogen) atoms. The van der Waals surface area contributed by atoms with Gasteiger partial charge in [-0.1, -0.05) is 34.5 Å². The molecule has 0 atom stereocenters. The van der Waals surface area contributed by atoms with Crippen molar-refractivity contribution in [1.29, 1.82) is 5.41 Å². The minimum absolute atomic E-state index is 0.0689. The second-order valence-corrected chi connectivity index (χ2v) is 7.20. The van der Waals surface area contributed by atoms with Crippen molar-refractivity contribution in [2.75, 3.05) is 0 Å². The van der Waals surface area contributed by atoms with Gasteiger partial charge in [-0.3, -0.25) is 15.0 Å². The van der Waals surface area contributed by atoms with Crippen LogP contribution in [0.1, 0.15) is 42.1 Å². The van der Waals surface area contributed by atoms with Crippen molar-refractivity contribution in [2.24, 2.45) is 0 Å². The van der Waals surface area contributed by atoms with Crippen LogP contribution in [-0.2, 0) is 12.0 Å². The van der Waals surface area contributed by atoms with Crippen LogP contribution in [-0.4, -0.2) is 16.3 Å². The number of rotatable bonds is 4. The van der Waals surface area contributed by atoms with Crippen LogP contribution in [0.15, 0.2) is 51.9 Å². The Morgan fingerprint density at radius 1 is 1.28 bits per heavy atom. The van der Waals surface area contributed by atoms with E-state index in [0.29, 0.717) is 6.54 Å². The molecular formula is C19H20BrN3O2. The Labute approximate surface area is 154 Å². The van der Waals surface area contributed by atoms with E-state index in [1.165, 1.54) is 10.6 Å². The van der Waals surface area contributed by atoms with Crippen LogP contribution < -0.4 is 10.9 Å². The van der Waals surface area contributed by atoms with Crippen LogP contribution in [0.5, 0.6) is 0 Å². The number of aromatic nitrogens is 1. The summed E-state index contributed by atoms with van der Waals surface area (Å²) in [4.78, 5) is 24.8. The van der Waals surface area contributed by atoms with Gasteiger partial charge in [0.15, 0.2) is 0 Å². The van der Waals surface area contributed by atoms with E-state index in [1.807, 2.05) is 31.2 Å². The normalized spacial score (nSPS) is 15.3. The summed E-state index contributed by atoms with van der Waals surface area (Å²) in [5.41, 5.74) is 0.293. The van der Waals surface area contributed by atoms with E-state index in [0.717, 1.165) is 29.3 Å². The Hall–Kier alpha value is -2.21. The van der Waals surface area contributed by atoms with Crippen LogP contribution in [0.25, 0.3) is 0 Å². The number of aryl methyl sites for hydroxylation is 1. The molecule has 1 amide bonds. The number of amidine groups is 1. The van der Waals surface area contributed by atoms with E-state index in [9.17, 15) is 9.59 Å². The Morgan fingerprint density at radius 2 is 1.96 bits per heavy atom. The van der Waals surface area contributed by atoms with Gasteiger partial charge in [0.25, 0.3) is 11.5 Å². The molecule has 1 aliphatic rings. The molecule has 1 aliphatic carbocycles. The van der Waals surface area contributed by atoms with Gasteiger partial charge in [0.1, 0.15) is 11.4 Å². The van der Waals surface area contributed by atoms with Gasteiger partial charge in [-0.15, -0.1) is 0 Å². The summed E-state index contributed by atoms with van der Waals surface area (Å²) < 4.78 is 2.46. The fourth-order valence-corrected chi connectivity index (χ4v) is 3.51. The van der Waals surface area contributed by atoms with Crippen molar-refractivity contribution in [3.05, 3.63) is 68.5 Å². The van der Waals surface area contributed by atoms with Gasteiger partial charge in [-0.25, -0.2) is 0 Å². The molecule has 0 aliphatic heterocycles. The smallest absolute Gasteiger partial charge is 0.263 e. The number of carbonyl (C=O) groups is 1. The zero-order chi connectivity index (χ0) is 18.0. The van der Waals surface area contributed by atoms with Crippen LogP contribution >= 0.6 is 15.9 Å². The van der Waals surface area contributed by atoms with Gasteiger partial charge >= 0.3 is 0 Å². The summed E-state index contributed by atoms with van der Waals surface area (Å²) in [5, 5.41) is 11.1. The molecule has 1 aromatic heterocycles. The first-order valence-corrected chi connectivity index (χ1v) is 9.13. The highest BCUT2D eigenvalue weighted by molar-refractivity contribution is 9.10. The van der Waals surface area contributed by atoms with E-state index in [1.54, 1.807) is 12.3 Å². The molecule has 1 fully saturated rings. The maximum atomic E-state index is 12.5. The number of halogens is 1. The minimum Gasteiger partial charge on any atom is -0.315 e. The number of carbonyl (C=O) groups excluding carboxylic acids is 1. The predicted molar refractivity (Wildman–Crippen MR) is 101 cm³/mol. The maximum absolute atomic E-state index is 12.5. The Morgan fingerprint density at radius 3 is 2.52 bits per heavy atom. The number of benzene rings is 1. The molecule has 130 valence electrons. The summed E-state index contributed by atoms with van der Waals surface area (Å²) in [6, 6.07) is 11.0. The van der Waals surface area contributed by atoms with E-state index in [2.05, 4.69) is 21.2 Å². The van der Waals surface area contributed by atoms with E-state index in [4.69, 9.17) is 5.41 Å². The molecule has 1 saturated carbocycles. The molecule has 1 aromatic carbocycles. The Kier molecular flexibility index (Phi) is 4.90. The van der Waals surface area contributed by atoms with Gasteiger partial charge in [-0.05, 0) is 49.6 Å². The van der Waals surface area contributed by atoms with E-state index >= 15 is 0 Å². The molecule has 0 unspecified atom stereocenters. The standard InChI is InChI=1S/C19H20BrN3O2/c1-2-23-12-3-5-15(17(23)25)16(24)22-18(21)19(10-4-11-19)13-6-8-14(20)9-7-13/h3,5-9,12H,2,4,10-11H2,1H3,(H2,21,22,24). The summed E-state index contributed by atoms with van der Waals surface area (Å²) in [6.45, 7) is 2.35. The van der Waals surface area contributed by atoms with Gasteiger partial charge in [0, 0.05) is 17.2 Å². The van der Waals surface area contributed by atoms with Crippen molar-refractivity contribution in [3.8, 4) is 0 Å². The van der Waals surface area contributed by atoms with Gasteiger partial charge in [0.2, 0.25) is 0 Å². The van der Waals surface area contributed by atoms with Gasteiger partial charge in [-0.2, -0.15) is 0 Å². The third-order valence-electron chi connectivity index (χ3n) is 4.93. The van der Waals surface area contributed by atoms with E-state index in [-0.39, 0.29) is 17.0 Å². The fourth-order valence-electron chi connectivity index (χ4n) is 3.24. The molecule has 2 N–H and O–H groups in total. The van der Waals surface area contributed by atoms with Crippen molar-refractivity contribution < 1.29 is 4.79 Å². The molecule has 2 aromatic rings. The number of pyridine rings is 1. The lowest BCUT2D eigenvalue weighted by molar-refractivity contribution is 0.0970. The summed E-state index contributed by atoms with van der Waals surface area (Å²) in [7, 11) is 0. The lowest BCUT2D eigenvalue weighted by Crippen LogP contribution is -2.51. The molecule has 0 bridgehead atoms. The summed E-state index contributed by atoms with van der Waals surface area (Å²) in [6.07, 6.45) is 4.31. The number of nitrogens with zero attached hydrogens (tertiary/aromatic N) is 1. The van der Waals surface area contributed by atoms with Crippen molar-refractivity contribution in [3.63, 3.8) is 0 Å². The molecule has 3 rings (SSSR count). The number of hydrogen-bond acceptors (Lipinski definition) is 3. The fraction of sp³-hybridized carbons (Fsp3) is 0.316. The highest BCUT2D eigenvalue weighted by Crippen LogP contribution is 2.44. The molecule has 5 nitrogen and oxygen atoms in total. The zero-order valence-corrected chi connectivity index (χ0v) is 15.6. The molecule has 6 heteroatoms. The third-order valence-corrected chi connectivity index (χ3v) is 5.46. The van der Waals surface area contributed by atoms with Crippen LogP contribution in [0.4, 0.5) is 0 Å². The van der Waals surface area contributed by atoms with Crippen molar-refractivity contribution in [1.82, 2.24) is 9.88 Å². The Balaban J connectivity index is 1.85. The maximum Gasteiger partial charge on any atom is 0.263 e. The first-order chi connectivity index (χ1) is 12.0. The quantitative estimate of drug-likeness (QED) is 0.607. The molecular weight excluding hydrogens is 382 g/mol. The molecule has 0 radical (unpaired) electrons. The zero-order valence-electron chi connectivity index (χ0n) is 14.0. The largest absolute Gasteiger partial charge is 0.315 e. The van der Waals surface area contributed by atoms with Crippen LogP contribution in [0.3, 0.4) is 0 Å². The average Bonchev–Trinajstić information content (AvgIpc) is 2.55. The number of nitrogens with one attached hydrogen (secondary N) is 2. The predicted octanol–water partition coefficient (Wildman–Crippen LogP) is 3.46.